The summed E-state index contributed by atoms with van der Waals surface area (Å²) in [5.41, 5.74) is 11.2. The number of carbonyl (C=O) groups is 1. The third-order valence-electron chi connectivity index (χ3n) is 14.9. The average molecular weight is 813 g/mol. The molecule has 10 heteroatoms. The first-order valence-electron chi connectivity index (χ1n) is 21.7. The molecule has 0 amide bonds. The van der Waals surface area contributed by atoms with Crippen LogP contribution in [0.5, 0.6) is 34.5 Å². The van der Waals surface area contributed by atoms with Gasteiger partial charge in [0.05, 0.1) is 12.6 Å². The first kappa shape index (κ1) is 40.1. The molecule has 314 valence electrons. The fourth-order valence-electron chi connectivity index (χ4n) is 12.4. The summed E-state index contributed by atoms with van der Waals surface area (Å²) >= 11 is 0. The molecule has 0 aromatic heterocycles. The highest BCUT2D eigenvalue weighted by Gasteiger charge is 2.60. The largest absolute Gasteiger partial charge is 0.508 e. The summed E-state index contributed by atoms with van der Waals surface area (Å²) in [4.78, 5) is 19.2. The number of aryl methyl sites for hydroxylation is 1. The van der Waals surface area contributed by atoms with Gasteiger partial charge in [-0.1, -0.05) is 67.4 Å². The number of rotatable bonds is 13. The van der Waals surface area contributed by atoms with E-state index in [0.29, 0.717) is 19.4 Å². The maximum absolute atomic E-state index is 14.7. The highest BCUT2D eigenvalue weighted by molar-refractivity contribution is 5.83. The summed E-state index contributed by atoms with van der Waals surface area (Å²) in [5.74, 6) is -0.939. The van der Waals surface area contributed by atoms with Crippen molar-refractivity contribution >= 4 is 12.0 Å². The zero-order valence-corrected chi connectivity index (χ0v) is 34.0. The summed E-state index contributed by atoms with van der Waals surface area (Å²) in [6.07, 6.45) is 10.9. The molecule has 8 unspecified atom stereocenters. The van der Waals surface area contributed by atoms with Gasteiger partial charge in [-0.15, -0.1) is 0 Å². The minimum absolute atomic E-state index is 0.00674. The predicted octanol–water partition coefficient (Wildman–Crippen LogP) is 8.32. The van der Waals surface area contributed by atoms with Crippen LogP contribution in [-0.4, -0.2) is 56.9 Å². The van der Waals surface area contributed by atoms with Crippen LogP contribution in [0.1, 0.15) is 97.4 Å². The number of benzene rings is 4. The molecule has 0 saturated heterocycles. The third kappa shape index (κ3) is 7.32. The predicted molar refractivity (Wildman–Crippen MR) is 229 cm³/mol. The maximum Gasteiger partial charge on any atom is 0.200 e. The van der Waals surface area contributed by atoms with Gasteiger partial charge in [0, 0.05) is 24.1 Å². The lowest BCUT2D eigenvalue weighted by Crippen LogP contribution is -2.51. The molecular formula is C50H56N2O8. The van der Waals surface area contributed by atoms with Crippen LogP contribution in [0.2, 0.25) is 0 Å². The number of Topliss-reactive ketones (excluding diaryl/α,β-unsaturated/α-hetero) is 1. The second kappa shape index (κ2) is 16.6. The molecule has 5 aliphatic carbocycles. The van der Waals surface area contributed by atoms with Gasteiger partial charge in [0.2, 0.25) is 5.75 Å². The first-order valence-corrected chi connectivity index (χ1v) is 21.7. The van der Waals surface area contributed by atoms with Crippen molar-refractivity contribution in [2.75, 3.05) is 13.3 Å². The van der Waals surface area contributed by atoms with Gasteiger partial charge in [0.15, 0.2) is 23.0 Å². The summed E-state index contributed by atoms with van der Waals surface area (Å²) in [6.45, 7) is 0.631. The number of ether oxygens (including phenoxy) is 2. The number of nitrogens with zero attached hydrogens (tertiary/aromatic N) is 1. The van der Waals surface area contributed by atoms with E-state index in [0.717, 1.165) is 72.8 Å². The fraction of sp³-hybridized carbons (Fsp3) is 0.440. The number of allylic oxidation sites excluding steroid dienone is 1. The van der Waals surface area contributed by atoms with Crippen molar-refractivity contribution in [3.05, 3.63) is 118 Å². The lowest BCUT2D eigenvalue weighted by molar-refractivity contribution is -0.136. The van der Waals surface area contributed by atoms with E-state index in [9.17, 15) is 30.3 Å². The first-order chi connectivity index (χ1) is 29.1. The van der Waals surface area contributed by atoms with Crippen LogP contribution in [-0.2, 0) is 23.2 Å². The molecule has 6 aliphatic rings. The minimum Gasteiger partial charge on any atom is -0.508 e. The molecule has 7 N–H and O–H groups in total. The Morgan fingerprint density at radius 2 is 1.68 bits per heavy atom. The molecule has 4 aromatic carbocycles. The van der Waals surface area contributed by atoms with Crippen molar-refractivity contribution in [2.24, 2.45) is 40.3 Å². The molecule has 1 heterocycles. The normalized spacial score (nSPS) is 27.5. The van der Waals surface area contributed by atoms with Crippen LogP contribution >= 0.6 is 0 Å². The quantitative estimate of drug-likeness (QED) is 0.0573. The number of fused-ring (bicyclic) bond motifs is 1. The van der Waals surface area contributed by atoms with Gasteiger partial charge in [-0.05, 0) is 144 Å². The van der Waals surface area contributed by atoms with Crippen LogP contribution in [0, 0.1) is 29.6 Å². The van der Waals surface area contributed by atoms with Crippen LogP contribution in [0.3, 0.4) is 0 Å². The lowest BCUT2D eigenvalue weighted by atomic mass is 9.52. The minimum atomic E-state index is -0.944. The number of nitrogens with two attached hydrogens (primary N) is 1. The number of aliphatic hydroxyl groups is 1. The monoisotopic (exact) mass is 812 g/mol. The zero-order valence-electron chi connectivity index (χ0n) is 34.0. The maximum atomic E-state index is 14.7. The number of hydrogen-bond donors (Lipinski definition) is 6. The van der Waals surface area contributed by atoms with Gasteiger partial charge in [-0.25, -0.2) is 0 Å². The summed E-state index contributed by atoms with van der Waals surface area (Å²) in [7, 11) is 0. The molecule has 8 atom stereocenters. The number of hydrogen-bond acceptors (Lipinski definition) is 10. The number of phenols is 4. The number of ketones is 1. The Labute approximate surface area is 351 Å². The Hall–Kier alpha value is -5.32. The van der Waals surface area contributed by atoms with Gasteiger partial charge in [-0.3, -0.25) is 15.5 Å². The van der Waals surface area contributed by atoms with E-state index in [2.05, 4.69) is 41.4 Å². The highest BCUT2D eigenvalue weighted by Crippen LogP contribution is 2.68. The second-order valence-corrected chi connectivity index (χ2v) is 18.0. The lowest BCUT2D eigenvalue weighted by Gasteiger charge is -2.52. The smallest absolute Gasteiger partial charge is 0.200 e. The second-order valence-electron chi connectivity index (χ2n) is 18.0. The molecule has 60 heavy (non-hydrogen) atoms. The van der Waals surface area contributed by atoms with E-state index < -0.39 is 12.0 Å². The molecule has 10 rings (SSSR count). The van der Waals surface area contributed by atoms with E-state index >= 15 is 0 Å². The highest BCUT2D eigenvalue weighted by atomic mass is 16.5. The van der Waals surface area contributed by atoms with E-state index in [4.69, 9.17) is 15.2 Å². The van der Waals surface area contributed by atoms with E-state index in [1.807, 2.05) is 12.3 Å². The zero-order chi connectivity index (χ0) is 41.5. The molecular weight excluding hydrogens is 757 g/mol. The molecule has 4 aromatic rings. The molecule has 2 bridgehead atoms. The van der Waals surface area contributed by atoms with Gasteiger partial charge in [0.25, 0.3) is 0 Å². The van der Waals surface area contributed by atoms with Crippen molar-refractivity contribution in [1.82, 2.24) is 0 Å². The molecule has 3 saturated carbocycles. The molecule has 0 radical (unpaired) electrons. The van der Waals surface area contributed by atoms with Crippen molar-refractivity contribution in [2.45, 2.75) is 94.2 Å². The van der Waals surface area contributed by atoms with Crippen molar-refractivity contribution in [1.29, 1.82) is 0 Å². The van der Waals surface area contributed by atoms with Crippen molar-refractivity contribution in [3.63, 3.8) is 0 Å². The van der Waals surface area contributed by atoms with Gasteiger partial charge in [-0.2, -0.15) is 0 Å². The Morgan fingerprint density at radius 1 is 0.867 bits per heavy atom. The molecule has 0 spiro atoms. The number of aliphatic imine (C=N–C) groups is 1. The molecule has 10 nitrogen and oxygen atoms in total. The van der Waals surface area contributed by atoms with Crippen LogP contribution in [0.25, 0.3) is 0 Å². The third-order valence-corrected chi connectivity index (χ3v) is 14.9. The summed E-state index contributed by atoms with van der Waals surface area (Å²) < 4.78 is 11.9. The average Bonchev–Trinajstić information content (AvgIpc) is 3.91. The van der Waals surface area contributed by atoms with Crippen molar-refractivity contribution < 1.29 is 39.8 Å². The van der Waals surface area contributed by atoms with E-state index in [-0.39, 0.29) is 101 Å². The van der Waals surface area contributed by atoms with E-state index in [1.165, 1.54) is 5.56 Å². The topological polar surface area (TPSA) is 175 Å². The number of aliphatic hydroxyl groups excluding tert-OH is 1. The van der Waals surface area contributed by atoms with Crippen LogP contribution in [0.4, 0.5) is 0 Å². The number of phenolic OH excluding ortho intramolecular Hbond substituents is 4. The Balaban J connectivity index is 1.16. The van der Waals surface area contributed by atoms with Crippen LogP contribution in [0.15, 0.2) is 95.5 Å². The standard InChI is InChI=1S/C50H56N2O8/c51-28-60-43-21-29(12-14-41(43)55)11-13-40(54)37-22-32(19-30-15-18-52-26-30)36-23-33-24-39(50(16-4-5-17-50)34-8-2-1-3-9-34)45(46(36)47(37)57)38-25-42(56)48(58)49(44(33)38)59-27-31-7-6-10-35(53)20-31/h1-3,6-10,12,14-15,20-21,25-26,32-33,36-37,39,45-47,53,55-58H,4-5,11,13,16-19,22-24,27-28,51H2. The summed E-state index contributed by atoms with van der Waals surface area (Å²) in [6, 6.07) is 24.4. The van der Waals surface area contributed by atoms with E-state index in [1.54, 1.807) is 42.5 Å². The van der Waals surface area contributed by atoms with Gasteiger partial charge >= 0.3 is 0 Å². The molecule has 1 aliphatic heterocycles. The summed E-state index contributed by atoms with van der Waals surface area (Å²) in [5, 5.41) is 56.7. The van der Waals surface area contributed by atoms with Crippen LogP contribution < -0.4 is 15.2 Å². The fourth-order valence-corrected chi connectivity index (χ4v) is 12.4. The van der Waals surface area contributed by atoms with Crippen molar-refractivity contribution in [3.8, 4) is 34.5 Å². The number of carbonyl (C=O) groups excluding carboxylic acids is 1. The molecule has 3 fully saturated rings. The van der Waals surface area contributed by atoms with Gasteiger partial charge < -0.3 is 35.0 Å². The Kier molecular flexibility index (Phi) is 11.1. The SMILES string of the molecule is NCOc1cc(CCC(=O)C2CC(CC3=CCN=C3)C3CC4CC(C5(c6ccccc6)CCCC5)C(c5cc(O)c(O)c(OCc6cccc(O)c6)c54)C3C2O)ccc1O. The number of aromatic hydroxyl groups is 4. The van der Waals surface area contributed by atoms with Gasteiger partial charge in [0.1, 0.15) is 24.9 Å². The Bertz CT molecular complexity index is 2280. The Morgan fingerprint density at radius 3 is 2.43 bits per heavy atom.